The van der Waals surface area contributed by atoms with E-state index in [1.807, 2.05) is 20.8 Å². The van der Waals surface area contributed by atoms with Crippen LogP contribution in [0.15, 0.2) is 0 Å². The number of nitrogens with one attached hydrogen (secondary N) is 1. The fourth-order valence-corrected chi connectivity index (χ4v) is 0.794. The number of hydrogen-bond donors (Lipinski definition) is 2. The molecule has 0 heterocycles. The summed E-state index contributed by atoms with van der Waals surface area (Å²) in [6.07, 6.45) is 1.78. The van der Waals surface area contributed by atoms with Crippen molar-refractivity contribution in [3.8, 4) is 0 Å². The molecule has 1 atom stereocenters. The van der Waals surface area contributed by atoms with Crippen molar-refractivity contribution in [2.24, 2.45) is 5.73 Å². The molecule has 14 heavy (non-hydrogen) atoms. The van der Waals surface area contributed by atoms with Crippen LogP contribution in [0.2, 0.25) is 0 Å². The molecule has 3 N–H and O–H groups in total. The largest absolute Gasteiger partial charge is 0.370 e. The summed E-state index contributed by atoms with van der Waals surface area (Å²) >= 11 is 0. The summed E-state index contributed by atoms with van der Waals surface area (Å²) in [6.45, 7) is 7.15. The molecule has 4 nitrogen and oxygen atoms in total. The van der Waals surface area contributed by atoms with Gasteiger partial charge < -0.3 is 15.8 Å². The highest BCUT2D eigenvalue weighted by atomic mass is 16.5. The molecule has 0 aromatic carbocycles. The minimum atomic E-state index is -0.328. The lowest BCUT2D eigenvalue weighted by atomic mass is 10.0. The first-order valence-corrected chi connectivity index (χ1v) is 5.15. The predicted octanol–water partition coefficient (Wildman–Crippen LogP) is 0.657. The molecule has 0 saturated heterocycles. The molecule has 0 bridgehead atoms. The minimum Gasteiger partial charge on any atom is -0.370 e. The zero-order valence-corrected chi connectivity index (χ0v) is 9.43. The zero-order chi connectivity index (χ0) is 11.0. The van der Waals surface area contributed by atoms with E-state index < -0.39 is 0 Å². The van der Waals surface area contributed by atoms with Crippen molar-refractivity contribution in [2.75, 3.05) is 19.8 Å². The van der Waals surface area contributed by atoms with Gasteiger partial charge in [0.15, 0.2) is 0 Å². The summed E-state index contributed by atoms with van der Waals surface area (Å²) in [6, 6.07) is 0. The molecule has 1 amide bonds. The van der Waals surface area contributed by atoms with Crippen molar-refractivity contribution in [2.45, 2.75) is 39.2 Å². The molecular weight excluding hydrogens is 180 g/mol. The summed E-state index contributed by atoms with van der Waals surface area (Å²) in [7, 11) is 0. The third-order valence-corrected chi connectivity index (χ3v) is 2.04. The third kappa shape index (κ3) is 6.86. The molecule has 0 aliphatic carbocycles. The Labute approximate surface area is 86.2 Å². The smallest absolute Gasteiger partial charge is 0.245 e. The summed E-state index contributed by atoms with van der Waals surface area (Å²) in [5, 5.41) is 2.73. The van der Waals surface area contributed by atoms with E-state index in [9.17, 15) is 4.79 Å². The number of rotatable bonds is 7. The molecular formula is C10H22N2O2. The van der Waals surface area contributed by atoms with E-state index in [0.29, 0.717) is 13.2 Å². The Bertz CT molecular complexity index is 170. The van der Waals surface area contributed by atoms with Gasteiger partial charge in [0.05, 0.1) is 6.61 Å². The maximum Gasteiger partial charge on any atom is 0.245 e. The molecule has 0 rings (SSSR count). The van der Waals surface area contributed by atoms with Crippen LogP contribution in [0.1, 0.15) is 33.6 Å². The second kappa shape index (κ2) is 6.79. The molecule has 1 unspecified atom stereocenters. The van der Waals surface area contributed by atoms with Gasteiger partial charge in [-0.1, -0.05) is 13.8 Å². The van der Waals surface area contributed by atoms with Crippen LogP contribution < -0.4 is 11.1 Å². The average Bonchev–Trinajstić information content (AvgIpc) is 2.14. The average molecular weight is 202 g/mol. The van der Waals surface area contributed by atoms with E-state index >= 15 is 0 Å². The number of nitrogens with two attached hydrogens (primary N) is 1. The Morgan fingerprint density at radius 1 is 1.50 bits per heavy atom. The van der Waals surface area contributed by atoms with Gasteiger partial charge in [0.2, 0.25) is 5.91 Å². The van der Waals surface area contributed by atoms with Gasteiger partial charge in [0.25, 0.3) is 0 Å². The van der Waals surface area contributed by atoms with E-state index in [2.05, 4.69) is 5.32 Å². The summed E-state index contributed by atoms with van der Waals surface area (Å²) in [5.74, 6) is -0.0706. The Balaban J connectivity index is 3.49. The quantitative estimate of drug-likeness (QED) is 0.637. The van der Waals surface area contributed by atoms with Crippen LogP contribution in [0.25, 0.3) is 0 Å². The second-order valence-electron chi connectivity index (χ2n) is 3.85. The van der Waals surface area contributed by atoms with Gasteiger partial charge in [-0.15, -0.1) is 0 Å². The van der Waals surface area contributed by atoms with Crippen LogP contribution in [-0.4, -0.2) is 31.2 Å². The Kier molecular flexibility index (Phi) is 6.49. The van der Waals surface area contributed by atoms with Crippen molar-refractivity contribution in [1.82, 2.24) is 5.32 Å². The van der Waals surface area contributed by atoms with Crippen LogP contribution in [0.3, 0.4) is 0 Å². The van der Waals surface area contributed by atoms with Crippen molar-refractivity contribution >= 4 is 5.91 Å². The number of ether oxygens (including phenoxy) is 1. The maximum absolute atomic E-state index is 11.1. The van der Waals surface area contributed by atoms with Gasteiger partial charge in [0.1, 0.15) is 6.61 Å². The van der Waals surface area contributed by atoms with Gasteiger partial charge in [-0.05, 0) is 19.8 Å². The first-order chi connectivity index (χ1) is 6.52. The minimum absolute atomic E-state index is 0.0706. The normalized spacial score (nSPS) is 14.9. The van der Waals surface area contributed by atoms with Gasteiger partial charge >= 0.3 is 0 Å². The summed E-state index contributed by atoms with van der Waals surface area (Å²) in [5.41, 5.74) is 5.52. The summed E-state index contributed by atoms with van der Waals surface area (Å²) in [4.78, 5) is 11.1. The zero-order valence-electron chi connectivity index (χ0n) is 9.43. The van der Waals surface area contributed by atoms with Crippen molar-refractivity contribution in [1.29, 1.82) is 0 Å². The predicted molar refractivity (Wildman–Crippen MR) is 57.0 cm³/mol. The Hall–Kier alpha value is -0.610. The number of amides is 1. The van der Waals surface area contributed by atoms with Crippen molar-refractivity contribution < 1.29 is 9.53 Å². The Morgan fingerprint density at radius 3 is 2.64 bits per heavy atom. The fraction of sp³-hybridized carbons (Fsp3) is 0.900. The summed E-state index contributed by atoms with van der Waals surface area (Å²) < 4.78 is 5.21. The molecule has 0 aliphatic heterocycles. The van der Waals surface area contributed by atoms with E-state index in [1.54, 1.807) is 0 Å². The fourth-order valence-electron chi connectivity index (χ4n) is 0.794. The lowest BCUT2D eigenvalue weighted by Crippen LogP contribution is -2.41. The highest BCUT2D eigenvalue weighted by Gasteiger charge is 2.15. The van der Waals surface area contributed by atoms with Crippen molar-refractivity contribution in [3.05, 3.63) is 0 Å². The number of carbonyl (C=O) groups excluding carboxylic acids is 1. The molecule has 0 saturated carbocycles. The van der Waals surface area contributed by atoms with Gasteiger partial charge in [-0.2, -0.15) is 0 Å². The van der Waals surface area contributed by atoms with Crippen LogP contribution >= 0.6 is 0 Å². The lowest BCUT2D eigenvalue weighted by molar-refractivity contribution is -0.126. The topological polar surface area (TPSA) is 64.3 Å². The van der Waals surface area contributed by atoms with Crippen LogP contribution in [0.4, 0.5) is 0 Å². The molecule has 0 spiro atoms. The van der Waals surface area contributed by atoms with Gasteiger partial charge in [-0.25, -0.2) is 0 Å². The monoisotopic (exact) mass is 202 g/mol. The number of hydrogen-bond acceptors (Lipinski definition) is 3. The Morgan fingerprint density at radius 2 is 2.14 bits per heavy atom. The maximum atomic E-state index is 11.1. The highest BCUT2D eigenvalue weighted by Crippen LogP contribution is 2.04. The first-order valence-electron chi connectivity index (χ1n) is 5.15. The molecule has 84 valence electrons. The van der Waals surface area contributed by atoms with E-state index in [1.165, 1.54) is 0 Å². The molecule has 0 aromatic rings. The van der Waals surface area contributed by atoms with E-state index in [4.69, 9.17) is 10.5 Å². The molecule has 0 fully saturated rings. The number of carbonyl (C=O) groups is 1. The van der Waals surface area contributed by atoms with E-state index in [0.717, 1.165) is 12.8 Å². The second-order valence-corrected chi connectivity index (χ2v) is 3.85. The molecule has 0 aromatic heterocycles. The molecule has 0 radical (unpaired) electrons. The van der Waals surface area contributed by atoms with Gasteiger partial charge in [0, 0.05) is 12.1 Å². The van der Waals surface area contributed by atoms with Crippen molar-refractivity contribution in [3.63, 3.8) is 0 Å². The molecule has 4 heteroatoms. The van der Waals surface area contributed by atoms with Gasteiger partial charge in [-0.3, -0.25) is 4.79 Å². The van der Waals surface area contributed by atoms with Crippen LogP contribution in [-0.2, 0) is 9.53 Å². The first kappa shape index (κ1) is 13.4. The SMILES string of the molecule is CCCNC(=O)COCC(C)(N)CC. The highest BCUT2D eigenvalue weighted by molar-refractivity contribution is 5.77. The van der Waals surface area contributed by atoms with E-state index in [-0.39, 0.29) is 18.1 Å². The lowest BCUT2D eigenvalue weighted by Gasteiger charge is -2.21. The van der Waals surface area contributed by atoms with Crippen LogP contribution in [0, 0.1) is 0 Å². The third-order valence-electron chi connectivity index (χ3n) is 2.04. The standard InChI is InChI=1S/C10H22N2O2/c1-4-6-12-9(13)7-14-8-10(3,11)5-2/h4-8,11H2,1-3H3,(H,12,13). The van der Waals surface area contributed by atoms with Crippen LogP contribution in [0.5, 0.6) is 0 Å². The molecule has 0 aliphatic rings.